The molecule has 4 aromatic rings. The highest BCUT2D eigenvalue weighted by molar-refractivity contribution is 7.99. The summed E-state index contributed by atoms with van der Waals surface area (Å²) in [6, 6.07) is 14.7. The van der Waals surface area contributed by atoms with E-state index in [9.17, 15) is 9.59 Å². The lowest BCUT2D eigenvalue weighted by molar-refractivity contribution is -0.133. The highest BCUT2D eigenvalue weighted by atomic mass is 32.2. The van der Waals surface area contributed by atoms with Crippen molar-refractivity contribution in [2.24, 2.45) is 0 Å². The number of unbranched alkanes of at least 4 members (excludes halogenated alkanes) is 1. The van der Waals surface area contributed by atoms with E-state index in [0.717, 1.165) is 35.2 Å². The number of hydrogen-bond acceptors (Lipinski definition) is 8. The summed E-state index contributed by atoms with van der Waals surface area (Å²) in [5.74, 6) is 3.15. The quantitative estimate of drug-likeness (QED) is 0.206. The summed E-state index contributed by atoms with van der Waals surface area (Å²) in [5.41, 5.74) is 0.906. The Labute approximate surface area is 230 Å². The monoisotopic (exact) mass is 549 g/mol. The molecule has 1 fully saturated rings. The number of ether oxygens (including phenoxy) is 1. The van der Waals surface area contributed by atoms with E-state index in [1.54, 1.807) is 42.2 Å². The largest absolute Gasteiger partial charge is 0.497 e. The smallest absolute Gasteiger partial charge is 0.289 e. The molecule has 204 valence electrons. The highest BCUT2D eigenvalue weighted by Crippen LogP contribution is 2.29. The molecule has 1 aliphatic rings. The molecule has 1 atom stereocenters. The summed E-state index contributed by atoms with van der Waals surface area (Å²) in [4.78, 5) is 29.1. The molecule has 1 aromatic carbocycles. The number of amides is 2. The van der Waals surface area contributed by atoms with Gasteiger partial charge >= 0.3 is 0 Å². The SMILES string of the molecule is COc1ccc(-n2c(SCCCCC(=O)N3CCN(C(=O)c4ccco4)C(C)C3)nnc2-c2ccco2)cc1. The molecule has 5 rings (SSSR count). The summed E-state index contributed by atoms with van der Waals surface area (Å²) in [6.07, 6.45) is 5.21. The Kier molecular flexibility index (Phi) is 8.36. The summed E-state index contributed by atoms with van der Waals surface area (Å²) in [7, 11) is 1.64. The predicted molar refractivity (Wildman–Crippen MR) is 146 cm³/mol. The molecule has 0 N–H and O–H groups in total. The van der Waals surface area contributed by atoms with E-state index in [0.29, 0.717) is 43.4 Å². The standard InChI is InChI=1S/C28H31N5O5S/c1-20-19-31(14-15-32(20)27(35)24-8-6-17-38-24)25(34)9-3-4-18-39-28-30-29-26(23-7-5-16-37-23)33(28)21-10-12-22(36-2)13-11-21/h5-8,10-13,16-17,20H,3-4,9,14-15,18-19H2,1-2H3. The first-order chi connectivity index (χ1) is 19.0. The number of carbonyl (C=O) groups is 2. The fraction of sp³-hybridized carbons (Fsp3) is 0.357. The normalized spacial score (nSPS) is 15.5. The van der Waals surface area contributed by atoms with Crippen molar-refractivity contribution in [3.05, 3.63) is 66.8 Å². The van der Waals surface area contributed by atoms with Crippen molar-refractivity contribution in [1.29, 1.82) is 0 Å². The Morgan fingerprint density at radius 3 is 2.51 bits per heavy atom. The van der Waals surface area contributed by atoms with Crippen LogP contribution in [0.1, 0.15) is 36.7 Å². The number of carbonyl (C=O) groups excluding carboxylic acids is 2. The van der Waals surface area contributed by atoms with Crippen molar-refractivity contribution < 1.29 is 23.2 Å². The van der Waals surface area contributed by atoms with Gasteiger partial charge in [0.15, 0.2) is 16.7 Å². The lowest BCUT2D eigenvalue weighted by Crippen LogP contribution is -2.55. The zero-order valence-corrected chi connectivity index (χ0v) is 22.8. The third-order valence-corrected chi connectivity index (χ3v) is 7.71. The number of aromatic nitrogens is 3. The number of benzene rings is 1. The summed E-state index contributed by atoms with van der Waals surface area (Å²) < 4.78 is 18.1. The molecule has 0 spiro atoms. The third kappa shape index (κ3) is 6.03. The van der Waals surface area contributed by atoms with Crippen molar-refractivity contribution >= 4 is 23.6 Å². The van der Waals surface area contributed by atoms with Crippen LogP contribution in [0.4, 0.5) is 0 Å². The first kappa shape index (κ1) is 26.6. The van der Waals surface area contributed by atoms with Gasteiger partial charge in [0.25, 0.3) is 5.91 Å². The number of rotatable bonds is 10. The topological polar surface area (TPSA) is 107 Å². The van der Waals surface area contributed by atoms with Crippen LogP contribution >= 0.6 is 11.8 Å². The van der Waals surface area contributed by atoms with Gasteiger partial charge in [0.1, 0.15) is 5.75 Å². The number of methoxy groups -OCH3 is 1. The molecular formula is C28H31N5O5S. The van der Waals surface area contributed by atoms with Gasteiger partial charge in [-0.1, -0.05) is 11.8 Å². The van der Waals surface area contributed by atoms with Gasteiger partial charge < -0.3 is 23.4 Å². The van der Waals surface area contributed by atoms with Gasteiger partial charge in [-0.2, -0.15) is 0 Å². The van der Waals surface area contributed by atoms with Crippen LogP contribution in [-0.2, 0) is 4.79 Å². The first-order valence-electron chi connectivity index (χ1n) is 12.9. The Balaban J connectivity index is 1.13. The fourth-order valence-electron chi connectivity index (χ4n) is 4.62. The maximum absolute atomic E-state index is 12.9. The molecule has 39 heavy (non-hydrogen) atoms. The van der Waals surface area contributed by atoms with Crippen molar-refractivity contribution in [2.45, 2.75) is 37.4 Å². The van der Waals surface area contributed by atoms with E-state index >= 15 is 0 Å². The maximum Gasteiger partial charge on any atom is 0.289 e. The number of thioether (sulfide) groups is 1. The highest BCUT2D eigenvalue weighted by Gasteiger charge is 2.31. The molecule has 0 bridgehead atoms. The van der Waals surface area contributed by atoms with Gasteiger partial charge in [-0.3, -0.25) is 14.2 Å². The number of hydrogen-bond donors (Lipinski definition) is 0. The summed E-state index contributed by atoms with van der Waals surface area (Å²) in [5, 5.41) is 9.55. The van der Waals surface area contributed by atoms with Crippen LogP contribution < -0.4 is 4.74 Å². The van der Waals surface area contributed by atoms with Crippen molar-refractivity contribution in [3.8, 4) is 23.0 Å². The zero-order chi connectivity index (χ0) is 27.2. The second-order valence-electron chi connectivity index (χ2n) is 9.29. The van der Waals surface area contributed by atoms with Gasteiger partial charge in [-0.15, -0.1) is 10.2 Å². The Morgan fingerprint density at radius 2 is 1.82 bits per heavy atom. The molecule has 2 amide bonds. The average Bonchev–Trinajstić information content (AvgIpc) is 3.74. The molecule has 0 saturated carbocycles. The fourth-order valence-corrected chi connectivity index (χ4v) is 5.57. The molecule has 1 aliphatic heterocycles. The minimum atomic E-state index is -0.130. The second kappa shape index (κ2) is 12.2. The van der Waals surface area contributed by atoms with Crippen LogP contribution in [-0.4, -0.2) is 74.9 Å². The van der Waals surface area contributed by atoms with Gasteiger partial charge in [0.05, 0.1) is 25.3 Å². The van der Waals surface area contributed by atoms with E-state index in [1.165, 1.54) is 6.26 Å². The van der Waals surface area contributed by atoms with Crippen molar-refractivity contribution in [1.82, 2.24) is 24.6 Å². The Morgan fingerprint density at radius 1 is 1.03 bits per heavy atom. The molecule has 4 heterocycles. The first-order valence-corrected chi connectivity index (χ1v) is 13.9. The molecule has 11 heteroatoms. The van der Waals surface area contributed by atoms with Gasteiger partial charge in [0.2, 0.25) is 11.7 Å². The molecule has 3 aromatic heterocycles. The minimum Gasteiger partial charge on any atom is -0.497 e. The van der Waals surface area contributed by atoms with E-state index in [2.05, 4.69) is 10.2 Å². The van der Waals surface area contributed by atoms with Crippen molar-refractivity contribution in [2.75, 3.05) is 32.5 Å². The number of nitrogens with zero attached hydrogens (tertiary/aromatic N) is 5. The van der Waals surface area contributed by atoms with Crippen LogP contribution in [0, 0.1) is 0 Å². The molecule has 0 radical (unpaired) electrons. The van der Waals surface area contributed by atoms with Gasteiger partial charge in [-0.25, -0.2) is 0 Å². The molecule has 0 aliphatic carbocycles. The summed E-state index contributed by atoms with van der Waals surface area (Å²) in [6.45, 7) is 3.53. The number of furan rings is 2. The maximum atomic E-state index is 12.9. The van der Waals surface area contributed by atoms with Crippen LogP contribution in [0.5, 0.6) is 5.75 Å². The average molecular weight is 550 g/mol. The van der Waals surface area contributed by atoms with Crippen LogP contribution in [0.3, 0.4) is 0 Å². The Bertz CT molecular complexity index is 1370. The van der Waals surface area contributed by atoms with E-state index in [4.69, 9.17) is 13.6 Å². The Hall–Kier alpha value is -3.99. The predicted octanol–water partition coefficient (Wildman–Crippen LogP) is 4.76. The van der Waals surface area contributed by atoms with E-state index in [1.807, 2.05) is 52.8 Å². The second-order valence-corrected chi connectivity index (χ2v) is 10.3. The van der Waals surface area contributed by atoms with Crippen molar-refractivity contribution in [3.63, 3.8) is 0 Å². The molecule has 10 nitrogen and oxygen atoms in total. The summed E-state index contributed by atoms with van der Waals surface area (Å²) >= 11 is 1.60. The lowest BCUT2D eigenvalue weighted by Gasteiger charge is -2.39. The van der Waals surface area contributed by atoms with Gasteiger partial charge in [-0.05, 0) is 68.3 Å². The lowest BCUT2D eigenvalue weighted by atomic mass is 10.1. The van der Waals surface area contributed by atoms with Crippen LogP contribution in [0.2, 0.25) is 0 Å². The number of piperazine rings is 1. The van der Waals surface area contributed by atoms with Crippen LogP contribution in [0.15, 0.2) is 75.0 Å². The molecule has 1 saturated heterocycles. The molecule has 1 unspecified atom stereocenters. The van der Waals surface area contributed by atoms with Crippen LogP contribution in [0.25, 0.3) is 17.3 Å². The van der Waals surface area contributed by atoms with E-state index < -0.39 is 0 Å². The van der Waals surface area contributed by atoms with Gasteiger partial charge in [0, 0.05) is 37.8 Å². The minimum absolute atomic E-state index is 0.0662. The third-order valence-electron chi connectivity index (χ3n) is 6.69. The molecular weight excluding hydrogens is 518 g/mol. The van der Waals surface area contributed by atoms with E-state index in [-0.39, 0.29) is 17.9 Å². The zero-order valence-electron chi connectivity index (χ0n) is 22.0.